The van der Waals surface area contributed by atoms with E-state index in [2.05, 4.69) is 5.32 Å². The molecule has 5 N–H and O–H groups in total. The summed E-state index contributed by atoms with van der Waals surface area (Å²) in [4.78, 5) is 23.3. The normalized spacial score (nSPS) is 22.2. The fourth-order valence-corrected chi connectivity index (χ4v) is 2.65. The van der Waals surface area contributed by atoms with Crippen LogP contribution in [0.25, 0.3) is 0 Å². The number of carbonyl (C=O) groups excluding carboxylic acids is 2. The van der Waals surface area contributed by atoms with Gasteiger partial charge in [0.05, 0.1) is 0 Å². The quantitative estimate of drug-likeness (QED) is 0.756. The van der Waals surface area contributed by atoms with E-state index in [4.69, 9.17) is 11.5 Å². The van der Waals surface area contributed by atoms with Crippen LogP contribution in [0.2, 0.25) is 0 Å². The zero-order chi connectivity index (χ0) is 13.8. The maximum atomic E-state index is 12.2. The molecule has 0 aromatic heterocycles. The zero-order valence-electron chi connectivity index (χ0n) is 10.8. The van der Waals surface area contributed by atoms with Gasteiger partial charge in [0.1, 0.15) is 0 Å². The van der Waals surface area contributed by atoms with Crippen LogP contribution in [-0.2, 0) is 4.79 Å². The van der Waals surface area contributed by atoms with E-state index in [1.807, 2.05) is 0 Å². The summed E-state index contributed by atoms with van der Waals surface area (Å²) in [5.74, 6) is -0.284. The van der Waals surface area contributed by atoms with Gasteiger partial charge < -0.3 is 16.8 Å². The lowest BCUT2D eigenvalue weighted by Crippen LogP contribution is -2.29. The molecular weight excluding hydrogens is 242 g/mol. The molecule has 2 rings (SSSR count). The summed E-state index contributed by atoms with van der Waals surface area (Å²) >= 11 is 0. The van der Waals surface area contributed by atoms with Crippen LogP contribution >= 0.6 is 0 Å². The summed E-state index contributed by atoms with van der Waals surface area (Å²) in [7, 11) is 0. The zero-order valence-corrected chi connectivity index (χ0v) is 10.8. The number of nitrogens with two attached hydrogens (primary N) is 2. The van der Waals surface area contributed by atoms with Crippen molar-refractivity contribution in [3.63, 3.8) is 0 Å². The Kier molecular flexibility index (Phi) is 4.16. The van der Waals surface area contributed by atoms with Gasteiger partial charge in [-0.3, -0.25) is 9.59 Å². The molecule has 1 saturated carbocycles. The highest BCUT2D eigenvalue weighted by Crippen LogP contribution is 2.31. The van der Waals surface area contributed by atoms with Crippen molar-refractivity contribution >= 4 is 17.5 Å². The summed E-state index contributed by atoms with van der Waals surface area (Å²) in [6, 6.07) is 6.66. The summed E-state index contributed by atoms with van der Waals surface area (Å²) < 4.78 is 0. The first-order valence-corrected chi connectivity index (χ1v) is 6.52. The van der Waals surface area contributed by atoms with E-state index in [-0.39, 0.29) is 17.7 Å². The Morgan fingerprint density at radius 2 is 2.11 bits per heavy atom. The van der Waals surface area contributed by atoms with E-state index >= 15 is 0 Å². The van der Waals surface area contributed by atoms with Crippen LogP contribution in [0.4, 0.5) is 5.69 Å². The summed E-state index contributed by atoms with van der Waals surface area (Å²) in [5, 5.41) is 2.84. The minimum Gasteiger partial charge on any atom is -0.366 e. The summed E-state index contributed by atoms with van der Waals surface area (Å²) in [6.45, 7) is 0.541. The Bertz CT molecular complexity index is 487. The molecule has 2 unspecified atom stereocenters. The molecule has 0 bridgehead atoms. The standard InChI is InChI=1S/C14H19N3O2/c15-8-10-4-2-6-12(10)14(19)17-11-5-1-3-9(7-11)13(16)18/h1,3,5,7,10,12H,2,4,6,8,15H2,(H2,16,18)(H,17,19). The van der Waals surface area contributed by atoms with Gasteiger partial charge >= 0.3 is 0 Å². The van der Waals surface area contributed by atoms with Crippen molar-refractivity contribution in [2.24, 2.45) is 23.3 Å². The number of hydrogen-bond acceptors (Lipinski definition) is 3. The predicted octanol–water partition coefficient (Wildman–Crippen LogP) is 1.10. The lowest BCUT2D eigenvalue weighted by Gasteiger charge is -2.17. The van der Waals surface area contributed by atoms with Gasteiger partial charge in [-0.05, 0) is 43.5 Å². The molecule has 1 fully saturated rings. The highest BCUT2D eigenvalue weighted by molar-refractivity contribution is 5.97. The molecule has 1 aliphatic carbocycles. The van der Waals surface area contributed by atoms with Crippen molar-refractivity contribution in [3.8, 4) is 0 Å². The molecule has 1 aliphatic rings. The van der Waals surface area contributed by atoms with Crippen LogP contribution in [0.15, 0.2) is 24.3 Å². The van der Waals surface area contributed by atoms with E-state index in [0.29, 0.717) is 17.8 Å². The van der Waals surface area contributed by atoms with Crippen LogP contribution < -0.4 is 16.8 Å². The first kappa shape index (κ1) is 13.5. The average molecular weight is 261 g/mol. The van der Waals surface area contributed by atoms with Gasteiger partial charge in [0.15, 0.2) is 0 Å². The van der Waals surface area contributed by atoms with Crippen molar-refractivity contribution in [2.45, 2.75) is 19.3 Å². The molecule has 0 heterocycles. The molecule has 1 aromatic carbocycles. The first-order valence-electron chi connectivity index (χ1n) is 6.52. The molecule has 5 heteroatoms. The van der Waals surface area contributed by atoms with Gasteiger partial charge in [0, 0.05) is 17.2 Å². The summed E-state index contributed by atoms with van der Waals surface area (Å²) in [5.41, 5.74) is 11.9. The fraction of sp³-hybridized carbons (Fsp3) is 0.429. The minimum atomic E-state index is -0.503. The number of amides is 2. The molecule has 5 nitrogen and oxygen atoms in total. The highest BCUT2D eigenvalue weighted by Gasteiger charge is 2.31. The van der Waals surface area contributed by atoms with Crippen molar-refractivity contribution in [1.82, 2.24) is 0 Å². The number of anilines is 1. The molecule has 0 spiro atoms. The molecule has 102 valence electrons. The lowest BCUT2D eigenvalue weighted by atomic mass is 9.95. The molecule has 0 radical (unpaired) electrons. The molecule has 19 heavy (non-hydrogen) atoms. The Hall–Kier alpha value is -1.88. The second-order valence-electron chi connectivity index (χ2n) is 4.97. The van der Waals surface area contributed by atoms with Gasteiger partial charge in [-0.2, -0.15) is 0 Å². The molecule has 0 saturated heterocycles. The predicted molar refractivity (Wildman–Crippen MR) is 73.5 cm³/mol. The third kappa shape index (κ3) is 3.12. The average Bonchev–Trinajstić information content (AvgIpc) is 2.87. The monoisotopic (exact) mass is 261 g/mol. The van der Waals surface area contributed by atoms with E-state index in [1.165, 1.54) is 0 Å². The van der Waals surface area contributed by atoms with Crippen LogP contribution in [0.3, 0.4) is 0 Å². The Morgan fingerprint density at radius 1 is 1.32 bits per heavy atom. The Morgan fingerprint density at radius 3 is 2.79 bits per heavy atom. The van der Waals surface area contributed by atoms with Crippen molar-refractivity contribution < 1.29 is 9.59 Å². The third-order valence-electron chi connectivity index (χ3n) is 3.71. The number of primary amides is 1. The second kappa shape index (κ2) is 5.84. The lowest BCUT2D eigenvalue weighted by molar-refractivity contribution is -0.120. The smallest absolute Gasteiger partial charge is 0.248 e. The third-order valence-corrected chi connectivity index (χ3v) is 3.71. The summed E-state index contributed by atoms with van der Waals surface area (Å²) in [6.07, 6.45) is 2.93. The number of hydrogen-bond donors (Lipinski definition) is 3. The largest absolute Gasteiger partial charge is 0.366 e. The SMILES string of the molecule is NCC1CCCC1C(=O)Nc1cccc(C(N)=O)c1. The van der Waals surface area contributed by atoms with Crippen LogP contribution in [0.5, 0.6) is 0 Å². The molecule has 1 aromatic rings. The topological polar surface area (TPSA) is 98.2 Å². The molecular formula is C14H19N3O2. The number of nitrogens with one attached hydrogen (secondary N) is 1. The Balaban J connectivity index is 2.06. The molecule has 2 amide bonds. The van der Waals surface area contributed by atoms with Gasteiger partial charge in [0.25, 0.3) is 0 Å². The Labute approximate surface area is 112 Å². The number of carbonyl (C=O) groups is 2. The van der Waals surface area contributed by atoms with E-state index in [9.17, 15) is 9.59 Å². The van der Waals surface area contributed by atoms with Gasteiger partial charge in [-0.15, -0.1) is 0 Å². The first-order chi connectivity index (χ1) is 9.11. The van der Waals surface area contributed by atoms with E-state index in [1.54, 1.807) is 24.3 Å². The number of rotatable bonds is 4. The van der Waals surface area contributed by atoms with E-state index in [0.717, 1.165) is 19.3 Å². The maximum absolute atomic E-state index is 12.2. The molecule has 0 aliphatic heterocycles. The fourth-order valence-electron chi connectivity index (χ4n) is 2.65. The van der Waals surface area contributed by atoms with E-state index < -0.39 is 5.91 Å². The van der Waals surface area contributed by atoms with Gasteiger partial charge in [-0.25, -0.2) is 0 Å². The van der Waals surface area contributed by atoms with Crippen molar-refractivity contribution in [1.29, 1.82) is 0 Å². The van der Waals surface area contributed by atoms with Crippen molar-refractivity contribution in [3.05, 3.63) is 29.8 Å². The van der Waals surface area contributed by atoms with Crippen molar-refractivity contribution in [2.75, 3.05) is 11.9 Å². The van der Waals surface area contributed by atoms with Crippen LogP contribution in [0, 0.1) is 11.8 Å². The number of benzene rings is 1. The highest BCUT2D eigenvalue weighted by atomic mass is 16.2. The van der Waals surface area contributed by atoms with Crippen LogP contribution in [-0.4, -0.2) is 18.4 Å². The van der Waals surface area contributed by atoms with Gasteiger partial charge in [0.2, 0.25) is 11.8 Å². The second-order valence-corrected chi connectivity index (χ2v) is 4.97. The minimum absolute atomic E-state index is 0.0189. The van der Waals surface area contributed by atoms with Gasteiger partial charge in [-0.1, -0.05) is 12.5 Å². The van der Waals surface area contributed by atoms with Crippen LogP contribution in [0.1, 0.15) is 29.6 Å². The maximum Gasteiger partial charge on any atom is 0.248 e. The molecule has 2 atom stereocenters.